The quantitative estimate of drug-likeness (QED) is 0.706. The lowest BCUT2D eigenvalue weighted by Gasteiger charge is -2.23. The normalized spacial score (nSPS) is 19.1. The van der Waals surface area contributed by atoms with Crippen molar-refractivity contribution in [3.05, 3.63) is 34.3 Å². The third-order valence-electron chi connectivity index (χ3n) is 2.62. The molecule has 0 saturated carbocycles. The van der Waals surface area contributed by atoms with Gasteiger partial charge < -0.3 is 4.74 Å². The molecule has 3 nitrogen and oxygen atoms in total. The van der Waals surface area contributed by atoms with Gasteiger partial charge in [0.25, 0.3) is 0 Å². The van der Waals surface area contributed by atoms with Gasteiger partial charge in [-0.25, -0.2) is 0 Å². The molecule has 1 aliphatic rings. The van der Waals surface area contributed by atoms with E-state index in [0.29, 0.717) is 23.4 Å². The van der Waals surface area contributed by atoms with Gasteiger partial charge in [0, 0.05) is 12.5 Å². The summed E-state index contributed by atoms with van der Waals surface area (Å²) in [7, 11) is 0. The molecule has 1 aliphatic carbocycles. The summed E-state index contributed by atoms with van der Waals surface area (Å²) >= 11 is 5.98. The predicted octanol–water partition coefficient (Wildman–Crippen LogP) is 2.40. The second-order valence-electron chi connectivity index (χ2n) is 3.77. The van der Waals surface area contributed by atoms with E-state index < -0.39 is 12.1 Å². The highest BCUT2D eigenvalue weighted by molar-refractivity contribution is 6.34. The Morgan fingerprint density at radius 1 is 1.50 bits per heavy atom. The molecule has 4 heteroatoms. The lowest BCUT2D eigenvalue weighted by molar-refractivity contribution is -0.144. The van der Waals surface area contributed by atoms with Gasteiger partial charge in [0.1, 0.15) is 0 Å². The molecular weight excluding hydrogens is 228 g/mol. The fourth-order valence-electron chi connectivity index (χ4n) is 1.94. The monoisotopic (exact) mass is 238 g/mol. The molecule has 2 rings (SSSR count). The van der Waals surface area contributed by atoms with E-state index in [1.165, 1.54) is 6.92 Å². The van der Waals surface area contributed by atoms with Crippen LogP contribution in [-0.2, 0) is 16.0 Å². The van der Waals surface area contributed by atoms with Gasteiger partial charge in [-0.2, -0.15) is 0 Å². The summed E-state index contributed by atoms with van der Waals surface area (Å²) in [6.07, 6.45) is 0.565. The molecule has 0 fully saturated rings. The molecule has 0 heterocycles. The van der Waals surface area contributed by atoms with Crippen LogP contribution in [0.15, 0.2) is 18.2 Å². The minimum atomic E-state index is -0.676. The van der Waals surface area contributed by atoms with Gasteiger partial charge in [0.2, 0.25) is 5.78 Å². The van der Waals surface area contributed by atoms with Crippen molar-refractivity contribution in [1.82, 2.24) is 0 Å². The van der Waals surface area contributed by atoms with Crippen LogP contribution in [0.25, 0.3) is 0 Å². The molecule has 0 N–H and O–H groups in total. The fraction of sp³-hybridized carbons (Fsp3) is 0.333. The number of carbonyl (C=O) groups excluding carboxylic acids is 2. The van der Waals surface area contributed by atoms with Crippen molar-refractivity contribution in [2.45, 2.75) is 25.9 Å². The Morgan fingerprint density at radius 2 is 2.25 bits per heavy atom. The molecule has 0 aliphatic heterocycles. The smallest absolute Gasteiger partial charge is 0.303 e. The topological polar surface area (TPSA) is 43.4 Å². The number of aryl methyl sites for hydroxylation is 1. The second-order valence-corrected chi connectivity index (χ2v) is 4.18. The molecule has 16 heavy (non-hydrogen) atoms. The average Bonchev–Trinajstić information content (AvgIpc) is 2.22. The standard InChI is InChI=1S/C12H11ClO3/c1-7(14)16-10-6-5-8-3-2-4-9(13)11(8)12(10)15/h2-4,10H,5-6H2,1H3. The first-order chi connectivity index (χ1) is 7.59. The molecule has 0 bridgehead atoms. The van der Waals surface area contributed by atoms with E-state index >= 15 is 0 Å². The van der Waals surface area contributed by atoms with Crippen molar-refractivity contribution in [3.8, 4) is 0 Å². The zero-order valence-electron chi connectivity index (χ0n) is 8.83. The van der Waals surface area contributed by atoms with Crippen LogP contribution in [-0.4, -0.2) is 17.9 Å². The fourth-order valence-corrected chi connectivity index (χ4v) is 2.23. The number of benzene rings is 1. The van der Waals surface area contributed by atoms with Gasteiger partial charge in [-0.05, 0) is 24.5 Å². The van der Waals surface area contributed by atoms with Crippen molar-refractivity contribution >= 4 is 23.4 Å². The van der Waals surface area contributed by atoms with E-state index in [-0.39, 0.29) is 5.78 Å². The molecule has 1 aromatic carbocycles. The largest absolute Gasteiger partial charge is 0.454 e. The van der Waals surface area contributed by atoms with Gasteiger partial charge in [-0.3, -0.25) is 9.59 Å². The Kier molecular flexibility index (Phi) is 2.97. The van der Waals surface area contributed by atoms with Crippen LogP contribution in [0, 0.1) is 0 Å². The summed E-state index contributed by atoms with van der Waals surface area (Å²) in [5, 5.41) is 0.430. The molecule has 1 atom stereocenters. The molecule has 0 spiro atoms. The van der Waals surface area contributed by atoms with Crippen molar-refractivity contribution in [2.75, 3.05) is 0 Å². The van der Waals surface area contributed by atoms with Gasteiger partial charge >= 0.3 is 5.97 Å². The third-order valence-corrected chi connectivity index (χ3v) is 2.94. The molecule has 0 radical (unpaired) electrons. The molecule has 0 amide bonds. The zero-order valence-corrected chi connectivity index (χ0v) is 9.58. The molecular formula is C12H11ClO3. The number of carbonyl (C=O) groups is 2. The molecule has 84 valence electrons. The number of ketones is 1. The van der Waals surface area contributed by atoms with Gasteiger partial charge in [-0.15, -0.1) is 0 Å². The number of fused-ring (bicyclic) bond motifs is 1. The maximum Gasteiger partial charge on any atom is 0.303 e. The second kappa shape index (κ2) is 4.26. The SMILES string of the molecule is CC(=O)OC1CCc2cccc(Cl)c2C1=O. The van der Waals surface area contributed by atoms with Gasteiger partial charge in [-0.1, -0.05) is 23.7 Å². The molecule has 1 unspecified atom stereocenters. The molecule has 1 aromatic rings. The Hall–Kier alpha value is -1.35. The minimum Gasteiger partial charge on any atom is -0.454 e. The van der Waals surface area contributed by atoms with Crippen LogP contribution in [0.4, 0.5) is 0 Å². The van der Waals surface area contributed by atoms with Gasteiger partial charge in [0.15, 0.2) is 6.10 Å². The third kappa shape index (κ3) is 1.95. The number of halogens is 1. The highest BCUT2D eigenvalue weighted by Gasteiger charge is 2.31. The molecule has 0 saturated heterocycles. The van der Waals surface area contributed by atoms with Crippen LogP contribution in [0.2, 0.25) is 5.02 Å². The van der Waals surface area contributed by atoms with E-state index in [0.717, 1.165) is 5.56 Å². The van der Waals surface area contributed by atoms with E-state index in [2.05, 4.69) is 0 Å². The first kappa shape index (κ1) is 11.1. The maximum atomic E-state index is 12.0. The predicted molar refractivity (Wildman–Crippen MR) is 59.7 cm³/mol. The summed E-state index contributed by atoms with van der Waals surface area (Å²) in [6, 6.07) is 5.37. The average molecular weight is 239 g/mol. The highest BCUT2D eigenvalue weighted by atomic mass is 35.5. The van der Waals surface area contributed by atoms with E-state index in [1.807, 2.05) is 12.1 Å². The van der Waals surface area contributed by atoms with Crippen LogP contribution in [0.5, 0.6) is 0 Å². The van der Waals surface area contributed by atoms with Crippen molar-refractivity contribution in [3.63, 3.8) is 0 Å². The Bertz CT molecular complexity index is 454. The maximum absolute atomic E-state index is 12.0. The first-order valence-corrected chi connectivity index (χ1v) is 5.46. The summed E-state index contributed by atoms with van der Waals surface area (Å²) < 4.78 is 4.97. The Morgan fingerprint density at radius 3 is 2.94 bits per heavy atom. The summed E-state index contributed by atoms with van der Waals surface area (Å²) in [4.78, 5) is 22.9. The van der Waals surface area contributed by atoms with Crippen molar-refractivity contribution in [2.24, 2.45) is 0 Å². The number of hydrogen-bond acceptors (Lipinski definition) is 3. The van der Waals surface area contributed by atoms with Crippen molar-refractivity contribution < 1.29 is 14.3 Å². The Labute approximate surface area is 98.4 Å². The van der Waals surface area contributed by atoms with Crippen molar-refractivity contribution in [1.29, 1.82) is 0 Å². The first-order valence-electron chi connectivity index (χ1n) is 5.08. The molecule has 0 aromatic heterocycles. The number of rotatable bonds is 1. The number of hydrogen-bond donors (Lipinski definition) is 0. The lowest BCUT2D eigenvalue weighted by Crippen LogP contribution is -2.31. The number of ether oxygens (including phenoxy) is 1. The van der Waals surface area contributed by atoms with Crippen LogP contribution >= 0.6 is 11.6 Å². The highest BCUT2D eigenvalue weighted by Crippen LogP contribution is 2.29. The summed E-state index contributed by atoms with van der Waals surface area (Å²) in [6.45, 7) is 1.30. The minimum absolute atomic E-state index is 0.193. The van der Waals surface area contributed by atoms with E-state index in [4.69, 9.17) is 16.3 Å². The van der Waals surface area contributed by atoms with Gasteiger partial charge in [0.05, 0.1) is 5.02 Å². The van der Waals surface area contributed by atoms with Crippen LogP contribution in [0.3, 0.4) is 0 Å². The van der Waals surface area contributed by atoms with Crippen LogP contribution in [0.1, 0.15) is 29.3 Å². The van der Waals surface area contributed by atoms with Crippen LogP contribution < -0.4 is 0 Å². The lowest BCUT2D eigenvalue weighted by atomic mass is 9.88. The summed E-state index contributed by atoms with van der Waals surface area (Å²) in [5.41, 5.74) is 1.43. The zero-order chi connectivity index (χ0) is 11.7. The number of Topliss-reactive ketones (excluding diaryl/α,β-unsaturated/α-hetero) is 1. The summed E-state index contributed by atoms with van der Waals surface area (Å²) in [5.74, 6) is -0.629. The van der Waals surface area contributed by atoms with E-state index in [9.17, 15) is 9.59 Å². The number of esters is 1. The van der Waals surface area contributed by atoms with E-state index in [1.54, 1.807) is 6.07 Å². The Balaban J connectivity index is 2.34.